The molecule has 0 bridgehead atoms. The molecule has 0 atom stereocenters. The standard InChI is InChI=1S/C22H31F2N5O3S/c1-14-25-19(28-32-14)11-20(30)26-16-5-3-15(4-6-16)7-9-29-10-8-18-17(12-29)27-21(33-18)31-13-22(2,23)24/h15-16H,3-13H2,1-2H3,(H,26,30). The van der Waals surface area contributed by atoms with Gasteiger partial charge in [-0.3, -0.25) is 9.69 Å². The van der Waals surface area contributed by atoms with E-state index in [-0.39, 0.29) is 18.4 Å². The van der Waals surface area contributed by atoms with Gasteiger partial charge >= 0.3 is 0 Å². The van der Waals surface area contributed by atoms with Gasteiger partial charge in [0.2, 0.25) is 11.8 Å². The molecule has 0 saturated heterocycles. The molecule has 1 aliphatic heterocycles. The second kappa shape index (κ2) is 10.4. The van der Waals surface area contributed by atoms with E-state index in [1.807, 2.05) is 0 Å². The molecular formula is C22H31F2N5O3S. The molecule has 2 aromatic rings. The fraction of sp³-hybridized carbons (Fsp3) is 0.727. The Hall–Kier alpha value is -2.14. The summed E-state index contributed by atoms with van der Waals surface area (Å²) in [6.07, 6.45) is 6.33. The highest BCUT2D eigenvalue weighted by atomic mass is 32.1. The highest BCUT2D eigenvalue weighted by Crippen LogP contribution is 2.32. The Morgan fingerprint density at radius 1 is 1.30 bits per heavy atom. The lowest BCUT2D eigenvalue weighted by Gasteiger charge is -2.31. The minimum Gasteiger partial charge on any atom is -0.464 e. The van der Waals surface area contributed by atoms with Gasteiger partial charge < -0.3 is 14.6 Å². The zero-order valence-electron chi connectivity index (χ0n) is 19.1. The van der Waals surface area contributed by atoms with Crippen molar-refractivity contribution >= 4 is 17.2 Å². The third kappa shape index (κ3) is 7.17. The predicted molar refractivity (Wildman–Crippen MR) is 118 cm³/mol. The molecule has 0 radical (unpaired) electrons. The number of amides is 1. The molecule has 8 nitrogen and oxygen atoms in total. The number of fused-ring (bicyclic) bond motifs is 1. The second-order valence-corrected chi connectivity index (χ2v) is 10.3. The van der Waals surface area contributed by atoms with Crippen LogP contribution in [0.15, 0.2) is 4.52 Å². The number of ether oxygens (including phenoxy) is 1. The zero-order valence-corrected chi connectivity index (χ0v) is 19.9. The SMILES string of the molecule is Cc1nc(CC(=O)NC2CCC(CCN3CCc4sc(OCC(C)(F)F)nc4C3)CC2)no1. The Labute approximate surface area is 196 Å². The number of hydrogen-bond acceptors (Lipinski definition) is 8. The van der Waals surface area contributed by atoms with Gasteiger partial charge in [0.05, 0.1) is 12.1 Å². The summed E-state index contributed by atoms with van der Waals surface area (Å²) in [5, 5.41) is 7.22. The summed E-state index contributed by atoms with van der Waals surface area (Å²) in [6, 6.07) is 0.211. The van der Waals surface area contributed by atoms with E-state index >= 15 is 0 Å². The lowest BCUT2D eigenvalue weighted by Crippen LogP contribution is -2.39. The Kier molecular flexibility index (Phi) is 7.58. The number of alkyl halides is 2. The molecule has 1 aliphatic carbocycles. The van der Waals surface area contributed by atoms with Crippen LogP contribution in [-0.2, 0) is 24.2 Å². The lowest BCUT2D eigenvalue weighted by molar-refractivity contribution is -0.121. The Morgan fingerprint density at radius 2 is 2.09 bits per heavy atom. The summed E-state index contributed by atoms with van der Waals surface area (Å²) in [7, 11) is 0. The van der Waals surface area contributed by atoms with E-state index < -0.39 is 12.5 Å². The van der Waals surface area contributed by atoms with Gasteiger partial charge in [0, 0.05) is 37.9 Å². The van der Waals surface area contributed by atoms with Gasteiger partial charge in [-0.2, -0.15) is 4.98 Å². The summed E-state index contributed by atoms with van der Waals surface area (Å²) in [5.41, 5.74) is 0.962. The van der Waals surface area contributed by atoms with E-state index in [9.17, 15) is 13.6 Å². The maximum absolute atomic E-state index is 13.0. The smallest absolute Gasteiger partial charge is 0.278 e. The molecule has 0 aromatic carbocycles. The van der Waals surface area contributed by atoms with Crippen molar-refractivity contribution in [1.82, 2.24) is 25.3 Å². The van der Waals surface area contributed by atoms with Crippen molar-refractivity contribution < 1.29 is 22.8 Å². The molecule has 4 rings (SSSR count). The molecule has 2 aliphatic rings. The number of nitrogens with zero attached hydrogens (tertiary/aromatic N) is 4. The van der Waals surface area contributed by atoms with E-state index in [0.717, 1.165) is 75.7 Å². The normalized spacial score (nSPS) is 21.6. The Balaban J connectivity index is 1.15. The van der Waals surface area contributed by atoms with Crippen molar-refractivity contribution in [3.8, 4) is 5.19 Å². The van der Waals surface area contributed by atoms with Crippen molar-refractivity contribution in [1.29, 1.82) is 0 Å². The number of rotatable bonds is 9. The molecule has 0 unspecified atom stereocenters. The van der Waals surface area contributed by atoms with Crippen LogP contribution in [0.3, 0.4) is 0 Å². The Morgan fingerprint density at radius 3 is 2.79 bits per heavy atom. The van der Waals surface area contributed by atoms with E-state index in [2.05, 4.69) is 25.3 Å². The van der Waals surface area contributed by atoms with Crippen molar-refractivity contribution in [3.05, 3.63) is 22.3 Å². The molecule has 1 amide bonds. The maximum atomic E-state index is 13.0. The van der Waals surface area contributed by atoms with Crippen LogP contribution in [0.25, 0.3) is 0 Å². The summed E-state index contributed by atoms with van der Waals surface area (Å²) in [5.74, 6) is -1.37. The minimum atomic E-state index is -2.85. The van der Waals surface area contributed by atoms with Gasteiger partial charge in [-0.25, -0.2) is 13.8 Å². The first-order valence-electron chi connectivity index (χ1n) is 11.5. The summed E-state index contributed by atoms with van der Waals surface area (Å²) in [4.78, 5) is 24.3. The molecule has 11 heteroatoms. The number of carbonyl (C=O) groups is 1. The molecule has 182 valence electrons. The average molecular weight is 484 g/mol. The lowest BCUT2D eigenvalue weighted by atomic mass is 9.84. The third-order valence-corrected chi connectivity index (χ3v) is 7.26. The number of carbonyl (C=O) groups excluding carboxylic acids is 1. The van der Waals surface area contributed by atoms with Gasteiger partial charge in [-0.15, -0.1) is 0 Å². The third-order valence-electron chi connectivity index (χ3n) is 6.19. The molecule has 33 heavy (non-hydrogen) atoms. The summed E-state index contributed by atoms with van der Waals surface area (Å²) in [6.45, 7) is 4.62. The van der Waals surface area contributed by atoms with Crippen LogP contribution >= 0.6 is 11.3 Å². The largest absolute Gasteiger partial charge is 0.464 e. The first-order chi connectivity index (χ1) is 15.7. The highest BCUT2D eigenvalue weighted by Gasteiger charge is 2.27. The first-order valence-corrected chi connectivity index (χ1v) is 12.4. The Bertz CT molecular complexity index is 937. The maximum Gasteiger partial charge on any atom is 0.278 e. The number of aromatic nitrogens is 3. The molecule has 2 aromatic heterocycles. The van der Waals surface area contributed by atoms with Crippen molar-refractivity contribution in [2.24, 2.45) is 5.92 Å². The molecule has 3 heterocycles. The number of nitrogens with one attached hydrogen (secondary N) is 1. The van der Waals surface area contributed by atoms with E-state index in [4.69, 9.17) is 9.26 Å². The average Bonchev–Trinajstić information content (AvgIpc) is 3.36. The zero-order chi connectivity index (χ0) is 23.4. The fourth-order valence-corrected chi connectivity index (χ4v) is 5.37. The highest BCUT2D eigenvalue weighted by molar-refractivity contribution is 7.13. The van der Waals surface area contributed by atoms with Crippen LogP contribution in [0.2, 0.25) is 0 Å². The summed E-state index contributed by atoms with van der Waals surface area (Å²) >= 11 is 1.39. The molecule has 1 fully saturated rings. The predicted octanol–water partition coefficient (Wildman–Crippen LogP) is 3.53. The topological polar surface area (TPSA) is 93.4 Å². The second-order valence-electron chi connectivity index (χ2n) is 9.21. The quantitative estimate of drug-likeness (QED) is 0.583. The van der Waals surface area contributed by atoms with E-state index in [1.54, 1.807) is 6.92 Å². The molecule has 0 spiro atoms. The van der Waals surface area contributed by atoms with Gasteiger partial charge in [-0.1, -0.05) is 16.5 Å². The fourth-order valence-electron chi connectivity index (χ4n) is 4.47. The van der Waals surface area contributed by atoms with Crippen molar-refractivity contribution in [2.45, 2.75) is 77.3 Å². The van der Waals surface area contributed by atoms with Gasteiger partial charge in [0.15, 0.2) is 12.4 Å². The minimum absolute atomic E-state index is 0.0577. The first kappa shape index (κ1) is 24.0. The summed E-state index contributed by atoms with van der Waals surface area (Å²) < 4.78 is 36.1. The number of aryl methyl sites for hydroxylation is 1. The van der Waals surface area contributed by atoms with Crippen LogP contribution in [0.4, 0.5) is 8.78 Å². The van der Waals surface area contributed by atoms with E-state index in [1.165, 1.54) is 11.3 Å². The molecular weight excluding hydrogens is 452 g/mol. The monoisotopic (exact) mass is 483 g/mol. The van der Waals surface area contributed by atoms with Crippen LogP contribution in [-0.4, -0.2) is 57.6 Å². The number of thiazole rings is 1. The van der Waals surface area contributed by atoms with Gasteiger partial charge in [0.25, 0.3) is 11.1 Å². The van der Waals surface area contributed by atoms with Crippen LogP contribution in [0.1, 0.15) is 61.3 Å². The van der Waals surface area contributed by atoms with E-state index in [0.29, 0.717) is 22.8 Å². The van der Waals surface area contributed by atoms with Gasteiger partial charge in [0.1, 0.15) is 0 Å². The van der Waals surface area contributed by atoms with Crippen LogP contribution in [0, 0.1) is 12.8 Å². The molecule has 1 saturated carbocycles. The number of halogens is 2. The van der Waals surface area contributed by atoms with Crippen LogP contribution < -0.4 is 10.1 Å². The van der Waals surface area contributed by atoms with Gasteiger partial charge in [-0.05, 0) is 51.0 Å². The van der Waals surface area contributed by atoms with Crippen LogP contribution in [0.5, 0.6) is 5.19 Å². The van der Waals surface area contributed by atoms with Crippen molar-refractivity contribution in [2.75, 3.05) is 19.7 Å². The number of hydrogen-bond donors (Lipinski definition) is 1. The van der Waals surface area contributed by atoms with Crippen molar-refractivity contribution in [3.63, 3.8) is 0 Å². The molecule has 1 N–H and O–H groups in total.